The van der Waals surface area contributed by atoms with E-state index in [0.717, 1.165) is 34.5 Å². The van der Waals surface area contributed by atoms with Gasteiger partial charge >= 0.3 is 11.4 Å². The van der Waals surface area contributed by atoms with Gasteiger partial charge in [0.25, 0.3) is 0 Å². The lowest BCUT2D eigenvalue weighted by molar-refractivity contribution is 0.523. The van der Waals surface area contributed by atoms with E-state index in [9.17, 15) is 9.59 Å². The second-order valence-corrected chi connectivity index (χ2v) is 5.82. The topological polar surface area (TPSA) is 84.7 Å². The molecule has 2 atom stereocenters. The van der Waals surface area contributed by atoms with Gasteiger partial charge in [-0.15, -0.1) is 0 Å². The first kappa shape index (κ1) is 15.5. The molecule has 0 amide bonds. The van der Waals surface area contributed by atoms with Crippen LogP contribution < -0.4 is 16.7 Å². The molecule has 0 aromatic carbocycles. The smallest absolute Gasteiger partial charge is 0.307 e. The molecule has 1 aliphatic carbocycles. The third kappa shape index (κ3) is 2.68. The molecule has 0 saturated heterocycles. The molecule has 0 unspecified atom stereocenters. The van der Waals surface area contributed by atoms with Crippen LogP contribution in [-0.2, 0) is 7.05 Å². The predicted molar refractivity (Wildman–Crippen MR) is 87.6 cm³/mol. The average molecular weight is 315 g/mol. The molecule has 2 aromatic heterocycles. The zero-order valence-electron chi connectivity index (χ0n) is 13.5. The lowest BCUT2D eigenvalue weighted by Crippen LogP contribution is -2.32. The van der Waals surface area contributed by atoms with Crippen molar-refractivity contribution >= 4 is 0 Å². The third-order valence-corrected chi connectivity index (χ3v) is 4.10. The van der Waals surface area contributed by atoms with Crippen LogP contribution in [0.1, 0.15) is 42.4 Å². The number of rotatable bonds is 4. The molecule has 23 heavy (non-hydrogen) atoms. The van der Waals surface area contributed by atoms with Gasteiger partial charge in [0.05, 0.1) is 11.7 Å². The number of fused-ring (bicyclic) bond motifs is 1. The van der Waals surface area contributed by atoms with Crippen LogP contribution in [-0.4, -0.2) is 25.9 Å². The van der Waals surface area contributed by atoms with Crippen LogP contribution in [0.2, 0.25) is 0 Å². The molecule has 0 bridgehead atoms. The van der Waals surface area contributed by atoms with Crippen LogP contribution in [0.3, 0.4) is 0 Å². The van der Waals surface area contributed by atoms with Gasteiger partial charge in [0.15, 0.2) is 0 Å². The summed E-state index contributed by atoms with van der Waals surface area (Å²) in [5.74, 6) is 0. The first-order valence-corrected chi connectivity index (χ1v) is 7.79. The summed E-state index contributed by atoms with van der Waals surface area (Å²) in [4.78, 5) is 28.6. The molecular weight excluding hydrogens is 294 g/mol. The lowest BCUT2D eigenvalue weighted by atomic mass is 9.93. The first-order chi connectivity index (χ1) is 11.0. The average Bonchev–Trinajstić information content (AvgIpc) is 2.79. The Bertz CT molecular complexity index is 858. The minimum Gasteiger partial charge on any atom is -0.307 e. The molecule has 2 aromatic rings. The van der Waals surface area contributed by atoms with Gasteiger partial charge in [-0.25, -0.2) is 23.9 Å². The maximum Gasteiger partial charge on any atom is 0.347 e. The standard InChI is InChI=1S/C16H21N5O2/c1-4-9-17-12-7-8-13(14-11(12)6-5-10(2)18-14)21-16(23)20(3)15(22)19-21/h5-8,12-13,17H,4,9H2,1-3H3,(H,19,22)/t12-,13+/m1/s1. The highest BCUT2D eigenvalue weighted by Gasteiger charge is 2.27. The van der Waals surface area contributed by atoms with Crippen LogP contribution in [0.25, 0.3) is 0 Å². The van der Waals surface area contributed by atoms with Crippen LogP contribution in [0.15, 0.2) is 33.9 Å². The van der Waals surface area contributed by atoms with E-state index in [1.54, 1.807) is 0 Å². The fourth-order valence-electron chi connectivity index (χ4n) is 2.85. The Morgan fingerprint density at radius 1 is 1.30 bits per heavy atom. The number of hydrogen-bond acceptors (Lipinski definition) is 4. The monoisotopic (exact) mass is 315 g/mol. The molecule has 2 N–H and O–H groups in total. The summed E-state index contributed by atoms with van der Waals surface area (Å²) in [5, 5.41) is 6.06. The molecule has 2 heterocycles. The van der Waals surface area contributed by atoms with Gasteiger partial charge in [0, 0.05) is 12.7 Å². The summed E-state index contributed by atoms with van der Waals surface area (Å²) in [7, 11) is 1.46. The second-order valence-electron chi connectivity index (χ2n) is 5.82. The molecule has 7 heteroatoms. The van der Waals surface area contributed by atoms with E-state index in [2.05, 4.69) is 22.3 Å². The summed E-state index contributed by atoms with van der Waals surface area (Å²) >= 11 is 0. The fourth-order valence-corrected chi connectivity index (χ4v) is 2.85. The number of nitrogens with one attached hydrogen (secondary N) is 2. The molecule has 0 saturated carbocycles. The number of allylic oxidation sites excluding steroid dienone is 1. The Morgan fingerprint density at radius 2 is 2.09 bits per heavy atom. The van der Waals surface area contributed by atoms with Crippen LogP contribution >= 0.6 is 0 Å². The van der Waals surface area contributed by atoms with Crippen LogP contribution in [0.5, 0.6) is 0 Å². The van der Waals surface area contributed by atoms with E-state index in [-0.39, 0.29) is 11.7 Å². The van der Waals surface area contributed by atoms with Crippen molar-refractivity contribution in [2.24, 2.45) is 7.05 Å². The Balaban J connectivity index is 2.10. The number of nitrogens with zero attached hydrogens (tertiary/aromatic N) is 3. The molecule has 0 spiro atoms. The van der Waals surface area contributed by atoms with Crippen molar-refractivity contribution in [2.75, 3.05) is 6.54 Å². The Labute approximate surface area is 133 Å². The Hall–Kier alpha value is -2.41. The third-order valence-electron chi connectivity index (χ3n) is 4.10. The minimum absolute atomic E-state index is 0.0698. The van der Waals surface area contributed by atoms with E-state index in [4.69, 9.17) is 0 Å². The van der Waals surface area contributed by atoms with Gasteiger partial charge in [0.2, 0.25) is 0 Å². The quantitative estimate of drug-likeness (QED) is 0.817. The second kappa shape index (κ2) is 6.00. The van der Waals surface area contributed by atoms with Crippen molar-refractivity contribution in [1.29, 1.82) is 0 Å². The summed E-state index contributed by atoms with van der Waals surface area (Å²) in [6, 6.07) is 3.67. The first-order valence-electron chi connectivity index (χ1n) is 7.79. The van der Waals surface area contributed by atoms with Gasteiger partial charge in [-0.1, -0.05) is 25.1 Å². The molecule has 1 aliphatic rings. The fraction of sp³-hybridized carbons (Fsp3) is 0.438. The maximum absolute atomic E-state index is 12.3. The highest BCUT2D eigenvalue weighted by molar-refractivity contribution is 5.37. The molecule has 0 radical (unpaired) electrons. The van der Waals surface area contributed by atoms with Gasteiger partial charge < -0.3 is 5.32 Å². The summed E-state index contributed by atoms with van der Waals surface area (Å²) in [5.41, 5.74) is 1.91. The van der Waals surface area contributed by atoms with Gasteiger partial charge in [-0.2, -0.15) is 0 Å². The maximum atomic E-state index is 12.3. The minimum atomic E-state index is -0.427. The molecule has 7 nitrogen and oxygen atoms in total. The number of pyridine rings is 1. The van der Waals surface area contributed by atoms with Crippen molar-refractivity contribution in [2.45, 2.75) is 32.4 Å². The Kier molecular flexibility index (Phi) is 4.04. The molecule has 0 fully saturated rings. The molecular formula is C16H21N5O2. The number of H-pyrrole nitrogens is 1. The van der Waals surface area contributed by atoms with E-state index >= 15 is 0 Å². The summed E-state index contributed by atoms with van der Waals surface area (Å²) < 4.78 is 2.39. The van der Waals surface area contributed by atoms with Crippen LogP contribution in [0, 0.1) is 6.92 Å². The van der Waals surface area contributed by atoms with Crippen molar-refractivity contribution in [3.63, 3.8) is 0 Å². The predicted octanol–water partition coefficient (Wildman–Crippen LogP) is 0.778. The SMILES string of the molecule is CCCN[C@@H]1C=C[C@H](n2[nH]c(=O)n(C)c2=O)c2nc(C)ccc21. The summed E-state index contributed by atoms with van der Waals surface area (Å²) in [6.45, 7) is 4.93. The Morgan fingerprint density at radius 3 is 2.74 bits per heavy atom. The number of aromatic nitrogens is 4. The number of aryl methyl sites for hydroxylation is 1. The zero-order valence-corrected chi connectivity index (χ0v) is 13.5. The van der Waals surface area contributed by atoms with E-state index in [0.29, 0.717) is 0 Å². The van der Waals surface area contributed by atoms with E-state index in [1.165, 1.54) is 11.7 Å². The molecule has 122 valence electrons. The molecule has 3 rings (SSSR count). The lowest BCUT2D eigenvalue weighted by Gasteiger charge is -2.26. The van der Waals surface area contributed by atoms with Gasteiger partial charge in [-0.05, 0) is 31.5 Å². The van der Waals surface area contributed by atoms with E-state index in [1.807, 2.05) is 31.2 Å². The van der Waals surface area contributed by atoms with Gasteiger partial charge in [-0.3, -0.25) is 4.98 Å². The highest BCUT2D eigenvalue weighted by atomic mass is 16.2. The normalized spacial score (nSPS) is 19.8. The highest BCUT2D eigenvalue weighted by Crippen LogP contribution is 2.31. The van der Waals surface area contributed by atoms with Gasteiger partial charge in [0.1, 0.15) is 6.04 Å². The zero-order chi connectivity index (χ0) is 16.6. The van der Waals surface area contributed by atoms with Crippen molar-refractivity contribution in [3.05, 3.63) is 62.2 Å². The summed E-state index contributed by atoms with van der Waals surface area (Å²) in [6.07, 6.45) is 4.98. The largest absolute Gasteiger partial charge is 0.347 e. The number of hydrogen-bond donors (Lipinski definition) is 2. The van der Waals surface area contributed by atoms with Crippen LogP contribution in [0.4, 0.5) is 0 Å². The molecule has 0 aliphatic heterocycles. The van der Waals surface area contributed by atoms with Crippen molar-refractivity contribution < 1.29 is 0 Å². The van der Waals surface area contributed by atoms with Crippen molar-refractivity contribution in [1.82, 2.24) is 24.6 Å². The van der Waals surface area contributed by atoms with E-state index < -0.39 is 11.7 Å². The number of aromatic amines is 1. The van der Waals surface area contributed by atoms with Crippen molar-refractivity contribution in [3.8, 4) is 0 Å².